The average molecular weight is 260 g/mol. The van der Waals surface area contributed by atoms with Gasteiger partial charge < -0.3 is 0 Å². The molecule has 0 aliphatic heterocycles. The molecule has 0 bridgehead atoms. The first-order valence-electron chi connectivity index (χ1n) is 5.12. The molecule has 1 saturated carbocycles. The molecule has 1 aromatic rings. The number of carbonyl (C=O) groups excluding carboxylic acids is 1. The summed E-state index contributed by atoms with van der Waals surface area (Å²) in [5.41, 5.74) is 0. The molecule has 0 spiro atoms. The first-order valence-corrected chi connectivity index (χ1v) is 6.66. The van der Waals surface area contributed by atoms with E-state index in [2.05, 4.69) is 0 Å². The maximum absolute atomic E-state index is 13.4. The van der Waals surface area contributed by atoms with Crippen molar-refractivity contribution < 1.29 is 22.0 Å². The van der Waals surface area contributed by atoms with Crippen LogP contribution in [0.15, 0.2) is 23.1 Å². The molecule has 6 heteroatoms. The Morgan fingerprint density at radius 2 is 1.94 bits per heavy atom. The van der Waals surface area contributed by atoms with Crippen LogP contribution in [0.5, 0.6) is 0 Å². The van der Waals surface area contributed by atoms with Crippen molar-refractivity contribution in [2.75, 3.05) is 0 Å². The van der Waals surface area contributed by atoms with Crippen molar-refractivity contribution >= 4 is 15.6 Å². The molecule has 0 aromatic heterocycles. The van der Waals surface area contributed by atoms with Gasteiger partial charge in [-0.25, -0.2) is 17.2 Å². The fraction of sp³-hybridized carbons (Fsp3) is 0.364. The molecule has 1 unspecified atom stereocenters. The molecule has 92 valence electrons. The second kappa shape index (κ2) is 4.18. The lowest BCUT2D eigenvalue weighted by Gasteiger charge is -2.11. The van der Waals surface area contributed by atoms with E-state index in [1.165, 1.54) is 0 Å². The Morgan fingerprint density at radius 1 is 1.24 bits per heavy atom. The van der Waals surface area contributed by atoms with Crippen molar-refractivity contribution in [2.24, 2.45) is 0 Å². The summed E-state index contributed by atoms with van der Waals surface area (Å²) in [7, 11) is -3.96. The van der Waals surface area contributed by atoms with E-state index in [4.69, 9.17) is 0 Å². The Kier molecular flexibility index (Phi) is 2.99. The summed E-state index contributed by atoms with van der Waals surface area (Å²) in [4.78, 5) is 10.4. The Hall–Kier alpha value is -1.30. The Bertz CT molecular complexity index is 566. The van der Waals surface area contributed by atoms with E-state index in [-0.39, 0.29) is 25.0 Å². The van der Waals surface area contributed by atoms with E-state index >= 15 is 0 Å². The molecule has 1 atom stereocenters. The summed E-state index contributed by atoms with van der Waals surface area (Å²) in [6.07, 6.45) is 0.246. The van der Waals surface area contributed by atoms with Crippen LogP contribution in [0.4, 0.5) is 8.78 Å². The van der Waals surface area contributed by atoms with E-state index in [0.29, 0.717) is 6.07 Å². The third kappa shape index (κ3) is 2.22. The number of benzene rings is 1. The molecule has 1 aliphatic rings. The summed E-state index contributed by atoms with van der Waals surface area (Å²) < 4.78 is 50.3. The van der Waals surface area contributed by atoms with Gasteiger partial charge in [0.05, 0.1) is 5.25 Å². The van der Waals surface area contributed by atoms with Crippen LogP contribution in [0.1, 0.15) is 19.3 Å². The van der Waals surface area contributed by atoms with Crippen LogP contribution in [0, 0.1) is 11.6 Å². The minimum atomic E-state index is -3.96. The Labute approximate surface area is 97.4 Å². The molecule has 2 rings (SSSR count). The standard InChI is InChI=1S/C11H10F2O3S/c12-7-1-4-10(13)11(5-7)17(15,16)9-3-2-8(14)6-9/h1,4-5,9H,2-3,6H2. The van der Waals surface area contributed by atoms with Gasteiger partial charge in [-0.3, -0.25) is 4.79 Å². The Morgan fingerprint density at radius 3 is 2.53 bits per heavy atom. The minimum absolute atomic E-state index is 0.113. The van der Waals surface area contributed by atoms with Crippen LogP contribution in [-0.2, 0) is 14.6 Å². The number of sulfone groups is 1. The van der Waals surface area contributed by atoms with Crippen molar-refractivity contribution in [1.29, 1.82) is 0 Å². The second-order valence-electron chi connectivity index (χ2n) is 4.02. The normalized spacial score (nSPS) is 20.8. The molecule has 1 aromatic carbocycles. The first-order chi connectivity index (χ1) is 7.91. The van der Waals surface area contributed by atoms with Gasteiger partial charge in [-0.15, -0.1) is 0 Å². The third-order valence-electron chi connectivity index (χ3n) is 2.84. The Balaban J connectivity index is 2.44. The number of hydrogen-bond donors (Lipinski definition) is 0. The first kappa shape index (κ1) is 12.2. The third-order valence-corrected chi connectivity index (χ3v) is 5.05. The maximum Gasteiger partial charge on any atom is 0.184 e. The van der Waals surface area contributed by atoms with Crippen molar-refractivity contribution in [3.8, 4) is 0 Å². The zero-order valence-corrected chi connectivity index (χ0v) is 9.64. The van der Waals surface area contributed by atoms with Gasteiger partial charge in [0.1, 0.15) is 22.3 Å². The molecule has 1 aliphatic carbocycles. The average Bonchev–Trinajstić information content (AvgIpc) is 2.69. The topological polar surface area (TPSA) is 51.2 Å². The summed E-state index contributed by atoms with van der Waals surface area (Å²) in [6.45, 7) is 0. The van der Waals surface area contributed by atoms with Crippen LogP contribution >= 0.6 is 0 Å². The zero-order valence-electron chi connectivity index (χ0n) is 8.82. The maximum atomic E-state index is 13.4. The van der Waals surface area contributed by atoms with Crippen LogP contribution in [0.3, 0.4) is 0 Å². The number of ketones is 1. The van der Waals surface area contributed by atoms with E-state index in [9.17, 15) is 22.0 Å². The predicted octanol–water partition coefficient (Wildman–Crippen LogP) is 1.86. The van der Waals surface area contributed by atoms with Gasteiger partial charge >= 0.3 is 0 Å². The van der Waals surface area contributed by atoms with Crippen molar-refractivity contribution in [3.63, 3.8) is 0 Å². The van der Waals surface area contributed by atoms with E-state index in [1.807, 2.05) is 0 Å². The van der Waals surface area contributed by atoms with Crippen LogP contribution in [0.25, 0.3) is 0 Å². The van der Waals surface area contributed by atoms with Crippen LogP contribution in [-0.4, -0.2) is 19.5 Å². The molecule has 0 radical (unpaired) electrons. The predicted molar refractivity (Wildman–Crippen MR) is 56.2 cm³/mol. The number of Topliss-reactive ketones (excluding diaryl/α,β-unsaturated/α-hetero) is 1. The molecule has 3 nitrogen and oxygen atoms in total. The molecule has 0 N–H and O–H groups in total. The lowest BCUT2D eigenvalue weighted by Crippen LogP contribution is -2.20. The van der Waals surface area contributed by atoms with Crippen molar-refractivity contribution in [1.82, 2.24) is 0 Å². The van der Waals surface area contributed by atoms with Crippen LogP contribution < -0.4 is 0 Å². The number of hydrogen-bond acceptors (Lipinski definition) is 3. The molecular formula is C11H10F2O3S. The zero-order chi connectivity index (χ0) is 12.6. The van der Waals surface area contributed by atoms with Gasteiger partial charge in [0.25, 0.3) is 0 Å². The van der Waals surface area contributed by atoms with Gasteiger partial charge in [0.2, 0.25) is 0 Å². The SMILES string of the molecule is O=C1CCC(S(=O)(=O)c2cc(F)ccc2F)C1. The molecular weight excluding hydrogens is 250 g/mol. The fourth-order valence-corrected chi connectivity index (χ4v) is 3.73. The highest BCUT2D eigenvalue weighted by Crippen LogP contribution is 2.29. The number of carbonyl (C=O) groups is 1. The monoisotopic (exact) mass is 260 g/mol. The molecule has 1 fully saturated rings. The van der Waals surface area contributed by atoms with E-state index in [1.54, 1.807) is 0 Å². The van der Waals surface area contributed by atoms with Crippen molar-refractivity contribution in [3.05, 3.63) is 29.8 Å². The smallest absolute Gasteiger partial charge is 0.184 e. The molecule has 0 amide bonds. The van der Waals surface area contributed by atoms with Crippen LogP contribution in [0.2, 0.25) is 0 Å². The van der Waals surface area contributed by atoms with Gasteiger partial charge in [-0.1, -0.05) is 0 Å². The highest BCUT2D eigenvalue weighted by molar-refractivity contribution is 7.92. The number of halogens is 2. The fourth-order valence-electron chi connectivity index (χ4n) is 1.92. The minimum Gasteiger partial charge on any atom is -0.300 e. The van der Waals surface area contributed by atoms with Gasteiger partial charge in [0, 0.05) is 12.8 Å². The largest absolute Gasteiger partial charge is 0.300 e. The second-order valence-corrected chi connectivity index (χ2v) is 6.22. The lowest BCUT2D eigenvalue weighted by molar-refractivity contribution is -0.117. The summed E-state index contributed by atoms with van der Waals surface area (Å²) in [6, 6.07) is 2.29. The summed E-state index contributed by atoms with van der Waals surface area (Å²) >= 11 is 0. The quantitative estimate of drug-likeness (QED) is 0.815. The van der Waals surface area contributed by atoms with Gasteiger partial charge in [-0.05, 0) is 24.6 Å². The highest BCUT2D eigenvalue weighted by Gasteiger charge is 2.36. The van der Waals surface area contributed by atoms with Gasteiger partial charge in [-0.2, -0.15) is 0 Å². The van der Waals surface area contributed by atoms with E-state index in [0.717, 1.165) is 12.1 Å². The van der Waals surface area contributed by atoms with E-state index < -0.39 is 31.6 Å². The summed E-state index contributed by atoms with van der Waals surface area (Å²) in [5.74, 6) is -1.95. The number of rotatable bonds is 2. The van der Waals surface area contributed by atoms with Gasteiger partial charge in [0.15, 0.2) is 9.84 Å². The molecule has 0 saturated heterocycles. The highest BCUT2D eigenvalue weighted by atomic mass is 32.2. The van der Waals surface area contributed by atoms with Crippen molar-refractivity contribution in [2.45, 2.75) is 29.4 Å². The molecule has 17 heavy (non-hydrogen) atoms. The summed E-state index contributed by atoms with van der Waals surface area (Å²) in [5, 5.41) is -0.925. The molecule has 0 heterocycles. The lowest BCUT2D eigenvalue weighted by atomic mass is 10.3.